The highest BCUT2D eigenvalue weighted by Crippen LogP contribution is 2.00. The predicted molar refractivity (Wildman–Crippen MR) is 63.4 cm³/mol. The fourth-order valence-electron chi connectivity index (χ4n) is 1.77. The number of piperazine rings is 1. The lowest BCUT2D eigenvalue weighted by Gasteiger charge is -2.31. The van der Waals surface area contributed by atoms with Crippen molar-refractivity contribution in [3.8, 4) is 0 Å². The lowest BCUT2D eigenvalue weighted by molar-refractivity contribution is -0.126. The fraction of sp³-hybridized carbons (Fsp3) is 0.909. The monoisotopic (exact) mass is 229 g/mol. The summed E-state index contributed by atoms with van der Waals surface area (Å²) < 4.78 is 5.17. The van der Waals surface area contributed by atoms with E-state index in [1.165, 1.54) is 0 Å². The highest BCUT2D eigenvalue weighted by Gasteiger charge is 2.21. The van der Waals surface area contributed by atoms with Gasteiger partial charge in [0.25, 0.3) is 0 Å². The van der Waals surface area contributed by atoms with Gasteiger partial charge in [0.15, 0.2) is 0 Å². The normalized spacial score (nSPS) is 19.4. The minimum atomic E-state index is -0.0382. The summed E-state index contributed by atoms with van der Waals surface area (Å²) in [4.78, 5) is 14.0. The van der Waals surface area contributed by atoms with E-state index in [0.29, 0.717) is 19.8 Å². The van der Waals surface area contributed by atoms with Crippen molar-refractivity contribution in [1.29, 1.82) is 0 Å². The van der Waals surface area contributed by atoms with Gasteiger partial charge in [0, 0.05) is 39.3 Å². The Bertz CT molecular complexity index is 205. The fourth-order valence-corrected chi connectivity index (χ4v) is 1.77. The van der Waals surface area contributed by atoms with Gasteiger partial charge < -0.3 is 15.4 Å². The molecule has 0 aliphatic carbocycles. The Hall–Kier alpha value is -0.650. The lowest BCUT2D eigenvalue weighted by atomic mass is 10.2. The van der Waals surface area contributed by atoms with Crippen LogP contribution in [-0.2, 0) is 9.53 Å². The second-order valence-corrected chi connectivity index (χ2v) is 3.95. The maximum Gasteiger partial charge on any atom is 0.237 e. The van der Waals surface area contributed by atoms with E-state index in [4.69, 9.17) is 4.74 Å². The number of rotatable bonds is 6. The van der Waals surface area contributed by atoms with Crippen LogP contribution in [0.1, 0.15) is 13.8 Å². The zero-order valence-electron chi connectivity index (χ0n) is 10.3. The Labute approximate surface area is 97.5 Å². The van der Waals surface area contributed by atoms with E-state index in [9.17, 15) is 4.79 Å². The molecule has 0 aromatic heterocycles. The molecule has 1 rings (SSSR count). The molecule has 1 atom stereocenters. The van der Waals surface area contributed by atoms with Gasteiger partial charge in [-0.25, -0.2) is 0 Å². The third-order valence-electron chi connectivity index (χ3n) is 2.83. The van der Waals surface area contributed by atoms with Gasteiger partial charge >= 0.3 is 0 Å². The van der Waals surface area contributed by atoms with E-state index < -0.39 is 0 Å². The first-order chi connectivity index (χ1) is 7.75. The van der Waals surface area contributed by atoms with Crippen molar-refractivity contribution < 1.29 is 9.53 Å². The van der Waals surface area contributed by atoms with Crippen LogP contribution in [-0.4, -0.2) is 62.8 Å². The maximum atomic E-state index is 11.8. The molecule has 0 spiro atoms. The molecule has 1 amide bonds. The average molecular weight is 229 g/mol. The molecule has 5 nitrogen and oxygen atoms in total. The van der Waals surface area contributed by atoms with Crippen LogP contribution in [0.15, 0.2) is 0 Å². The van der Waals surface area contributed by atoms with Gasteiger partial charge in [-0.05, 0) is 13.8 Å². The Morgan fingerprint density at radius 3 is 2.81 bits per heavy atom. The molecule has 0 radical (unpaired) electrons. The summed E-state index contributed by atoms with van der Waals surface area (Å²) in [5, 5.41) is 6.16. The Morgan fingerprint density at radius 2 is 2.19 bits per heavy atom. The summed E-state index contributed by atoms with van der Waals surface area (Å²) in [7, 11) is 0. The number of nitrogens with zero attached hydrogens (tertiary/aromatic N) is 1. The van der Waals surface area contributed by atoms with Gasteiger partial charge in [0.2, 0.25) is 5.91 Å². The summed E-state index contributed by atoms with van der Waals surface area (Å²) in [6.45, 7) is 9.63. The molecule has 94 valence electrons. The van der Waals surface area contributed by atoms with Crippen molar-refractivity contribution in [2.75, 3.05) is 45.9 Å². The molecule has 0 saturated carbocycles. The van der Waals surface area contributed by atoms with Crippen LogP contribution in [0.3, 0.4) is 0 Å². The van der Waals surface area contributed by atoms with E-state index in [2.05, 4.69) is 15.5 Å². The van der Waals surface area contributed by atoms with Crippen molar-refractivity contribution in [2.45, 2.75) is 19.9 Å². The zero-order valence-corrected chi connectivity index (χ0v) is 10.3. The van der Waals surface area contributed by atoms with Crippen LogP contribution in [0, 0.1) is 0 Å². The Kier molecular flexibility index (Phi) is 6.37. The minimum absolute atomic E-state index is 0.0382. The molecule has 2 N–H and O–H groups in total. The number of hydrogen-bond acceptors (Lipinski definition) is 4. The van der Waals surface area contributed by atoms with Crippen molar-refractivity contribution in [3.05, 3.63) is 0 Å². The summed E-state index contributed by atoms with van der Waals surface area (Å²) >= 11 is 0. The number of carbonyl (C=O) groups is 1. The third kappa shape index (κ3) is 4.47. The SMILES string of the molecule is CCOCCNC(=O)C(C)N1CCNCC1. The highest BCUT2D eigenvalue weighted by molar-refractivity contribution is 5.81. The quantitative estimate of drug-likeness (QED) is 0.599. The Morgan fingerprint density at radius 1 is 1.50 bits per heavy atom. The minimum Gasteiger partial charge on any atom is -0.380 e. The largest absolute Gasteiger partial charge is 0.380 e. The zero-order chi connectivity index (χ0) is 11.8. The molecule has 0 aromatic rings. The standard InChI is InChI=1S/C11H23N3O2/c1-3-16-9-6-13-11(15)10(2)14-7-4-12-5-8-14/h10,12H,3-9H2,1-2H3,(H,13,15). The first-order valence-corrected chi connectivity index (χ1v) is 6.06. The summed E-state index contributed by atoms with van der Waals surface area (Å²) in [5.74, 6) is 0.0987. The molecule has 1 fully saturated rings. The summed E-state index contributed by atoms with van der Waals surface area (Å²) in [6, 6.07) is -0.0382. The number of ether oxygens (including phenoxy) is 1. The molecule has 0 bridgehead atoms. The van der Waals surface area contributed by atoms with Crippen molar-refractivity contribution in [3.63, 3.8) is 0 Å². The van der Waals surface area contributed by atoms with E-state index in [0.717, 1.165) is 26.2 Å². The molecule has 1 unspecified atom stereocenters. The summed E-state index contributed by atoms with van der Waals surface area (Å²) in [6.07, 6.45) is 0. The molecular formula is C11H23N3O2. The number of amides is 1. The van der Waals surface area contributed by atoms with Crippen LogP contribution in [0.4, 0.5) is 0 Å². The molecule has 0 aromatic carbocycles. The Balaban J connectivity index is 2.18. The second kappa shape index (κ2) is 7.60. The predicted octanol–water partition coefficient (Wildman–Crippen LogP) is -0.567. The first kappa shape index (κ1) is 13.4. The van der Waals surface area contributed by atoms with E-state index in [1.54, 1.807) is 0 Å². The maximum absolute atomic E-state index is 11.8. The number of hydrogen-bond donors (Lipinski definition) is 2. The molecular weight excluding hydrogens is 206 g/mol. The topological polar surface area (TPSA) is 53.6 Å². The van der Waals surface area contributed by atoms with E-state index in [1.807, 2.05) is 13.8 Å². The number of nitrogens with one attached hydrogen (secondary N) is 2. The van der Waals surface area contributed by atoms with Crippen LogP contribution in [0.25, 0.3) is 0 Å². The highest BCUT2D eigenvalue weighted by atomic mass is 16.5. The van der Waals surface area contributed by atoms with Crippen LogP contribution in [0.2, 0.25) is 0 Å². The van der Waals surface area contributed by atoms with E-state index >= 15 is 0 Å². The van der Waals surface area contributed by atoms with Crippen molar-refractivity contribution in [1.82, 2.24) is 15.5 Å². The molecule has 16 heavy (non-hydrogen) atoms. The van der Waals surface area contributed by atoms with Crippen molar-refractivity contribution in [2.24, 2.45) is 0 Å². The van der Waals surface area contributed by atoms with Gasteiger partial charge in [-0.3, -0.25) is 9.69 Å². The molecule has 5 heteroatoms. The first-order valence-electron chi connectivity index (χ1n) is 6.06. The molecule has 1 aliphatic heterocycles. The summed E-state index contributed by atoms with van der Waals surface area (Å²) in [5.41, 5.74) is 0. The average Bonchev–Trinajstić information content (AvgIpc) is 2.34. The molecule has 1 saturated heterocycles. The second-order valence-electron chi connectivity index (χ2n) is 3.95. The van der Waals surface area contributed by atoms with Crippen LogP contribution in [0.5, 0.6) is 0 Å². The third-order valence-corrected chi connectivity index (χ3v) is 2.83. The van der Waals surface area contributed by atoms with Gasteiger partial charge in [0.1, 0.15) is 0 Å². The van der Waals surface area contributed by atoms with Gasteiger partial charge in [-0.1, -0.05) is 0 Å². The van der Waals surface area contributed by atoms with Crippen LogP contribution >= 0.6 is 0 Å². The van der Waals surface area contributed by atoms with Crippen molar-refractivity contribution >= 4 is 5.91 Å². The van der Waals surface area contributed by atoms with E-state index in [-0.39, 0.29) is 11.9 Å². The van der Waals surface area contributed by atoms with Gasteiger partial charge in [-0.15, -0.1) is 0 Å². The lowest BCUT2D eigenvalue weighted by Crippen LogP contribution is -2.52. The molecule has 1 aliphatic rings. The van der Waals surface area contributed by atoms with Crippen LogP contribution < -0.4 is 10.6 Å². The van der Waals surface area contributed by atoms with Gasteiger partial charge in [-0.2, -0.15) is 0 Å². The van der Waals surface area contributed by atoms with Gasteiger partial charge in [0.05, 0.1) is 12.6 Å². The molecule has 1 heterocycles. The number of carbonyl (C=O) groups excluding carboxylic acids is 1. The smallest absolute Gasteiger partial charge is 0.237 e.